The van der Waals surface area contributed by atoms with Crippen molar-refractivity contribution in [3.63, 3.8) is 0 Å². The van der Waals surface area contributed by atoms with Crippen LogP contribution in [0.15, 0.2) is 48.5 Å². The molecule has 27 heavy (non-hydrogen) atoms. The van der Waals surface area contributed by atoms with Crippen LogP contribution in [-0.4, -0.2) is 24.0 Å². The van der Waals surface area contributed by atoms with Crippen molar-refractivity contribution in [3.05, 3.63) is 65.4 Å². The van der Waals surface area contributed by atoms with Gasteiger partial charge in [0.05, 0.1) is 5.69 Å². The number of aromatic nitrogens is 1. The maximum atomic E-state index is 13.8. The number of hydrogen-bond donors (Lipinski definition) is 2. The third kappa shape index (κ3) is 2.23. The van der Waals surface area contributed by atoms with Gasteiger partial charge in [-0.1, -0.05) is 56.2 Å². The minimum Gasteiger partial charge on any atom is -0.356 e. The van der Waals surface area contributed by atoms with Crippen LogP contribution in [0.4, 0.5) is 5.69 Å². The lowest BCUT2D eigenvalue weighted by atomic mass is 9.82. The molecule has 4 nitrogen and oxygen atoms in total. The molecule has 2 aliphatic heterocycles. The van der Waals surface area contributed by atoms with Gasteiger partial charge < -0.3 is 9.88 Å². The molecule has 0 bridgehead atoms. The number of amides is 1. The molecule has 138 valence electrons. The highest BCUT2D eigenvalue weighted by Gasteiger charge is 2.54. The first-order chi connectivity index (χ1) is 13.3. The fourth-order valence-electron chi connectivity index (χ4n) is 4.85. The summed E-state index contributed by atoms with van der Waals surface area (Å²) < 4.78 is 0. The zero-order valence-electron chi connectivity index (χ0n) is 15.7. The van der Waals surface area contributed by atoms with Crippen molar-refractivity contribution in [1.29, 1.82) is 0 Å². The average Bonchev–Trinajstić information content (AvgIpc) is 3.19. The van der Waals surface area contributed by atoms with E-state index in [1.165, 1.54) is 10.9 Å². The Morgan fingerprint density at radius 2 is 1.89 bits per heavy atom. The van der Waals surface area contributed by atoms with Crippen LogP contribution in [0.25, 0.3) is 10.9 Å². The molecule has 3 aromatic rings. The minimum absolute atomic E-state index is 0.160. The highest BCUT2D eigenvalue weighted by Crippen LogP contribution is 2.47. The van der Waals surface area contributed by atoms with E-state index in [2.05, 4.69) is 47.6 Å². The molecule has 1 amide bonds. The van der Waals surface area contributed by atoms with E-state index in [0.717, 1.165) is 61.2 Å². The van der Waals surface area contributed by atoms with Crippen LogP contribution in [0, 0.1) is 0 Å². The van der Waals surface area contributed by atoms with Gasteiger partial charge in [0, 0.05) is 35.2 Å². The van der Waals surface area contributed by atoms with Gasteiger partial charge in [-0.2, -0.15) is 0 Å². The van der Waals surface area contributed by atoms with Crippen molar-refractivity contribution in [3.8, 4) is 0 Å². The maximum absolute atomic E-state index is 13.8. The molecule has 1 atom stereocenters. The van der Waals surface area contributed by atoms with E-state index in [9.17, 15) is 4.79 Å². The SMILES string of the molecule is CCCCCN1C(=O)[C@]2(NCCc3c2[nH]c2ccccc32)c2ccccc21. The van der Waals surface area contributed by atoms with Crippen molar-refractivity contribution in [2.75, 3.05) is 18.0 Å². The Balaban J connectivity index is 1.70. The van der Waals surface area contributed by atoms with E-state index in [1.807, 2.05) is 23.1 Å². The third-order valence-electron chi connectivity index (χ3n) is 6.10. The highest BCUT2D eigenvalue weighted by atomic mass is 16.2. The number of fused-ring (bicyclic) bond motifs is 6. The second-order valence-electron chi connectivity index (χ2n) is 7.63. The molecule has 5 rings (SSSR count). The lowest BCUT2D eigenvalue weighted by Gasteiger charge is -2.34. The number of rotatable bonds is 4. The number of anilines is 1. The summed E-state index contributed by atoms with van der Waals surface area (Å²) in [7, 11) is 0. The average molecular weight is 359 g/mol. The molecule has 3 heterocycles. The molecule has 0 saturated heterocycles. The molecule has 0 aliphatic carbocycles. The largest absolute Gasteiger partial charge is 0.356 e. The smallest absolute Gasteiger partial charge is 0.258 e. The van der Waals surface area contributed by atoms with Gasteiger partial charge in [0.2, 0.25) is 0 Å². The Morgan fingerprint density at radius 3 is 2.78 bits per heavy atom. The summed E-state index contributed by atoms with van der Waals surface area (Å²) >= 11 is 0. The predicted octanol–water partition coefficient (Wildman–Crippen LogP) is 4.09. The normalized spacial score (nSPS) is 21.1. The van der Waals surface area contributed by atoms with Gasteiger partial charge in [-0.05, 0) is 30.5 Å². The van der Waals surface area contributed by atoms with Crippen molar-refractivity contribution in [2.45, 2.75) is 38.1 Å². The van der Waals surface area contributed by atoms with Crippen LogP contribution >= 0.6 is 0 Å². The van der Waals surface area contributed by atoms with E-state index in [0.29, 0.717) is 0 Å². The molecule has 2 aromatic carbocycles. The van der Waals surface area contributed by atoms with Gasteiger partial charge in [-0.15, -0.1) is 0 Å². The Bertz CT molecular complexity index is 1020. The number of nitrogens with one attached hydrogen (secondary N) is 2. The van der Waals surface area contributed by atoms with Crippen molar-refractivity contribution in [2.24, 2.45) is 0 Å². The second kappa shape index (κ2) is 6.24. The second-order valence-corrected chi connectivity index (χ2v) is 7.63. The number of benzene rings is 2. The van der Waals surface area contributed by atoms with Crippen molar-refractivity contribution >= 4 is 22.5 Å². The van der Waals surface area contributed by atoms with Crippen molar-refractivity contribution < 1.29 is 4.79 Å². The lowest BCUT2D eigenvalue weighted by molar-refractivity contribution is -0.123. The first-order valence-electron chi connectivity index (χ1n) is 10.0. The standard InChI is InChI=1S/C23H25N3O/c1-2-3-8-15-26-20-12-7-5-10-18(20)23(22(26)27)21-17(13-14-24-23)16-9-4-6-11-19(16)25-21/h4-7,9-12,24-25H,2-3,8,13-15H2,1H3/t23-/m0/s1. The van der Waals surface area contributed by atoms with E-state index >= 15 is 0 Å². The molecular weight excluding hydrogens is 334 g/mol. The van der Waals surface area contributed by atoms with E-state index in [4.69, 9.17) is 0 Å². The molecular formula is C23H25N3O. The Labute approximate surface area is 159 Å². The van der Waals surface area contributed by atoms with Gasteiger partial charge in [0.25, 0.3) is 5.91 Å². The summed E-state index contributed by atoms with van der Waals surface area (Å²) in [6.45, 7) is 3.78. The van der Waals surface area contributed by atoms with Gasteiger partial charge in [0.15, 0.2) is 5.54 Å². The van der Waals surface area contributed by atoms with Crippen LogP contribution in [0.2, 0.25) is 0 Å². The number of aromatic amines is 1. The molecule has 2 N–H and O–H groups in total. The van der Waals surface area contributed by atoms with E-state index in [1.54, 1.807) is 0 Å². The summed E-state index contributed by atoms with van der Waals surface area (Å²) in [6, 6.07) is 16.7. The Hall–Kier alpha value is -2.59. The van der Waals surface area contributed by atoms with Crippen molar-refractivity contribution in [1.82, 2.24) is 10.3 Å². The van der Waals surface area contributed by atoms with E-state index in [-0.39, 0.29) is 5.91 Å². The maximum Gasteiger partial charge on any atom is 0.258 e. The zero-order chi connectivity index (χ0) is 18.4. The number of para-hydroxylation sites is 2. The first kappa shape index (κ1) is 16.6. The minimum atomic E-state index is -0.782. The number of carbonyl (C=O) groups excluding carboxylic acids is 1. The summed E-state index contributed by atoms with van der Waals surface area (Å²) in [6.07, 6.45) is 4.27. The summed E-state index contributed by atoms with van der Waals surface area (Å²) in [5, 5.41) is 4.85. The third-order valence-corrected chi connectivity index (χ3v) is 6.10. The van der Waals surface area contributed by atoms with Gasteiger partial charge in [-0.3, -0.25) is 10.1 Å². The zero-order valence-corrected chi connectivity index (χ0v) is 15.7. The topological polar surface area (TPSA) is 48.1 Å². The van der Waals surface area contributed by atoms with Crippen LogP contribution in [-0.2, 0) is 16.8 Å². The van der Waals surface area contributed by atoms with E-state index < -0.39 is 5.54 Å². The number of carbonyl (C=O) groups is 1. The molecule has 1 aromatic heterocycles. The fraction of sp³-hybridized carbons (Fsp3) is 0.348. The predicted molar refractivity (Wildman–Crippen MR) is 109 cm³/mol. The number of unbranched alkanes of at least 4 members (excludes halogenated alkanes) is 2. The number of nitrogens with zero attached hydrogens (tertiary/aromatic N) is 1. The molecule has 1 spiro atoms. The molecule has 0 unspecified atom stereocenters. The number of hydrogen-bond acceptors (Lipinski definition) is 2. The summed E-state index contributed by atoms with van der Waals surface area (Å²) in [5.74, 6) is 0.160. The van der Waals surface area contributed by atoms with Crippen LogP contribution in [0.3, 0.4) is 0 Å². The van der Waals surface area contributed by atoms with Gasteiger partial charge >= 0.3 is 0 Å². The summed E-state index contributed by atoms with van der Waals surface area (Å²) in [5.41, 5.74) is 4.78. The molecule has 0 saturated carbocycles. The molecule has 2 aliphatic rings. The van der Waals surface area contributed by atoms with Crippen LogP contribution in [0.5, 0.6) is 0 Å². The van der Waals surface area contributed by atoms with Crippen LogP contribution in [0.1, 0.15) is 43.0 Å². The highest BCUT2D eigenvalue weighted by molar-refractivity contribution is 6.11. The van der Waals surface area contributed by atoms with Crippen LogP contribution < -0.4 is 10.2 Å². The number of H-pyrrole nitrogens is 1. The summed E-state index contributed by atoms with van der Waals surface area (Å²) in [4.78, 5) is 19.4. The first-order valence-corrected chi connectivity index (χ1v) is 10.0. The fourth-order valence-corrected chi connectivity index (χ4v) is 4.85. The van der Waals surface area contributed by atoms with Gasteiger partial charge in [-0.25, -0.2) is 0 Å². The Morgan fingerprint density at radius 1 is 1.07 bits per heavy atom. The lowest BCUT2D eigenvalue weighted by Crippen LogP contribution is -2.55. The monoisotopic (exact) mass is 359 g/mol. The Kier molecular flexibility index (Phi) is 3.83. The molecule has 0 fully saturated rings. The quantitative estimate of drug-likeness (QED) is 0.689. The molecule has 0 radical (unpaired) electrons. The molecule has 4 heteroatoms. The van der Waals surface area contributed by atoms with Gasteiger partial charge in [0.1, 0.15) is 0 Å².